The molecule has 0 amide bonds. The van der Waals surface area contributed by atoms with Crippen molar-refractivity contribution in [3.05, 3.63) is 30.4 Å². The second-order valence-corrected chi connectivity index (χ2v) is 4.69. The maximum absolute atomic E-state index is 9.11. The summed E-state index contributed by atoms with van der Waals surface area (Å²) in [5.74, 6) is 1.39. The summed E-state index contributed by atoms with van der Waals surface area (Å²) in [5.41, 5.74) is 0. The number of hydrogen-bond acceptors (Lipinski definition) is 3. The first-order valence-corrected chi connectivity index (χ1v) is 6.27. The van der Waals surface area contributed by atoms with Crippen LogP contribution in [0.5, 0.6) is 0 Å². The molecule has 0 radical (unpaired) electrons. The predicted octanol–water partition coefficient (Wildman–Crippen LogP) is 1.40. The summed E-state index contributed by atoms with van der Waals surface area (Å²) >= 11 is 0. The van der Waals surface area contributed by atoms with Crippen molar-refractivity contribution in [3.8, 4) is 0 Å². The number of nitrogens with zero attached hydrogens (tertiary/aromatic N) is 2. The van der Waals surface area contributed by atoms with Crippen LogP contribution >= 0.6 is 0 Å². The molecule has 1 aromatic rings. The molecule has 0 bridgehead atoms. The van der Waals surface area contributed by atoms with Gasteiger partial charge in [-0.05, 0) is 12.8 Å². The van der Waals surface area contributed by atoms with Crippen LogP contribution < -0.4 is 5.32 Å². The van der Waals surface area contributed by atoms with Crippen molar-refractivity contribution in [2.24, 2.45) is 13.0 Å². The number of aliphatic hydroxyl groups is 1. The lowest BCUT2D eigenvalue weighted by Crippen LogP contribution is -2.32. The first-order chi connectivity index (χ1) is 8.24. The van der Waals surface area contributed by atoms with Crippen molar-refractivity contribution >= 4 is 0 Å². The second-order valence-electron chi connectivity index (χ2n) is 4.69. The van der Waals surface area contributed by atoms with Crippen molar-refractivity contribution in [3.63, 3.8) is 0 Å². The molecule has 3 atom stereocenters. The van der Waals surface area contributed by atoms with Crippen molar-refractivity contribution in [2.45, 2.75) is 31.8 Å². The van der Waals surface area contributed by atoms with E-state index >= 15 is 0 Å². The molecule has 0 aliphatic heterocycles. The molecule has 0 spiro atoms. The Morgan fingerprint density at radius 3 is 2.94 bits per heavy atom. The monoisotopic (exact) mass is 235 g/mol. The molecule has 0 aromatic carbocycles. The normalized spacial score (nSPS) is 25.4. The Morgan fingerprint density at radius 1 is 1.59 bits per heavy atom. The van der Waals surface area contributed by atoms with Crippen LogP contribution in [0.2, 0.25) is 0 Å². The predicted molar refractivity (Wildman–Crippen MR) is 67.5 cm³/mol. The van der Waals surface area contributed by atoms with Crippen LogP contribution in [0.1, 0.15) is 31.6 Å². The lowest BCUT2D eigenvalue weighted by atomic mass is 10.1. The van der Waals surface area contributed by atoms with Gasteiger partial charge in [0.05, 0.1) is 6.04 Å². The van der Waals surface area contributed by atoms with Gasteiger partial charge in [0, 0.05) is 38.0 Å². The summed E-state index contributed by atoms with van der Waals surface area (Å²) in [5, 5.41) is 12.7. The lowest BCUT2D eigenvalue weighted by Gasteiger charge is -2.21. The Kier molecular flexibility index (Phi) is 3.97. The minimum Gasteiger partial charge on any atom is -0.396 e. The molecule has 0 saturated heterocycles. The molecular weight excluding hydrogens is 214 g/mol. The van der Waals surface area contributed by atoms with Gasteiger partial charge in [-0.3, -0.25) is 0 Å². The summed E-state index contributed by atoms with van der Waals surface area (Å²) in [6.45, 7) is 2.41. The topological polar surface area (TPSA) is 50.1 Å². The van der Waals surface area contributed by atoms with Gasteiger partial charge < -0.3 is 15.0 Å². The molecule has 1 heterocycles. The average molecular weight is 235 g/mol. The van der Waals surface area contributed by atoms with E-state index in [4.69, 9.17) is 5.11 Å². The van der Waals surface area contributed by atoms with Crippen LogP contribution in [0.3, 0.4) is 0 Å². The molecule has 0 fully saturated rings. The van der Waals surface area contributed by atoms with Gasteiger partial charge >= 0.3 is 0 Å². The van der Waals surface area contributed by atoms with Gasteiger partial charge in [-0.1, -0.05) is 19.1 Å². The zero-order chi connectivity index (χ0) is 12.3. The number of hydrogen-bond donors (Lipinski definition) is 2. The van der Waals surface area contributed by atoms with E-state index in [2.05, 4.69) is 33.9 Å². The van der Waals surface area contributed by atoms with Gasteiger partial charge in [0.25, 0.3) is 0 Å². The number of aromatic nitrogens is 2. The van der Waals surface area contributed by atoms with Gasteiger partial charge in [0.2, 0.25) is 0 Å². The largest absolute Gasteiger partial charge is 0.396 e. The first-order valence-electron chi connectivity index (χ1n) is 6.27. The van der Waals surface area contributed by atoms with Crippen molar-refractivity contribution in [1.82, 2.24) is 14.9 Å². The zero-order valence-electron chi connectivity index (χ0n) is 10.5. The van der Waals surface area contributed by atoms with Crippen LogP contribution in [0, 0.1) is 5.92 Å². The molecule has 4 heteroatoms. The molecule has 4 nitrogen and oxygen atoms in total. The van der Waals surface area contributed by atoms with Crippen molar-refractivity contribution in [2.75, 3.05) is 6.61 Å². The van der Waals surface area contributed by atoms with Gasteiger partial charge in [0.15, 0.2) is 0 Å². The maximum atomic E-state index is 9.11. The maximum Gasteiger partial charge on any atom is 0.125 e. The van der Waals surface area contributed by atoms with E-state index in [1.165, 1.54) is 0 Å². The van der Waals surface area contributed by atoms with Crippen LogP contribution in [-0.2, 0) is 7.05 Å². The van der Waals surface area contributed by atoms with Crippen molar-refractivity contribution < 1.29 is 5.11 Å². The summed E-state index contributed by atoms with van der Waals surface area (Å²) in [6.07, 6.45) is 10.1. The Bertz CT molecular complexity index is 386. The van der Waals surface area contributed by atoms with E-state index in [9.17, 15) is 0 Å². The minimum absolute atomic E-state index is 0.244. The fourth-order valence-electron chi connectivity index (χ4n) is 2.38. The molecular formula is C13H21N3O. The molecule has 94 valence electrons. The summed E-state index contributed by atoms with van der Waals surface area (Å²) in [6, 6.07) is 0.635. The van der Waals surface area contributed by atoms with E-state index in [0.29, 0.717) is 12.0 Å². The number of aliphatic hydroxyl groups excluding tert-OH is 1. The molecule has 1 aliphatic rings. The summed E-state index contributed by atoms with van der Waals surface area (Å²) in [7, 11) is 2.02. The Labute approximate surface area is 102 Å². The fraction of sp³-hybridized carbons (Fsp3) is 0.615. The highest BCUT2D eigenvalue weighted by molar-refractivity contribution is 5.08. The molecule has 1 aromatic heterocycles. The van der Waals surface area contributed by atoms with Crippen LogP contribution in [0.25, 0.3) is 0 Å². The average Bonchev–Trinajstić information content (AvgIpc) is 2.95. The molecule has 1 aliphatic carbocycles. The van der Waals surface area contributed by atoms with Gasteiger partial charge in [-0.2, -0.15) is 0 Å². The molecule has 2 N–H and O–H groups in total. The first kappa shape index (κ1) is 12.3. The highest BCUT2D eigenvalue weighted by atomic mass is 16.3. The Morgan fingerprint density at radius 2 is 2.41 bits per heavy atom. The van der Waals surface area contributed by atoms with E-state index in [1.54, 1.807) is 0 Å². The lowest BCUT2D eigenvalue weighted by molar-refractivity contribution is 0.244. The standard InChI is InChI=1S/C13H21N3O/c1-3-12(13-14-6-7-16(13)2)15-11-5-4-10(8-11)9-17/h4-7,10-12,15,17H,3,8-9H2,1-2H3/t10-,11+,12+/m0/s1. The SMILES string of the molecule is CC[C@@H](N[C@@H]1C=C[C@H](CO)C1)c1nccn1C. The summed E-state index contributed by atoms with van der Waals surface area (Å²) in [4.78, 5) is 4.40. The number of nitrogens with one attached hydrogen (secondary N) is 1. The highest BCUT2D eigenvalue weighted by Crippen LogP contribution is 2.22. The highest BCUT2D eigenvalue weighted by Gasteiger charge is 2.22. The van der Waals surface area contributed by atoms with Crippen LogP contribution in [-0.4, -0.2) is 27.3 Å². The third-order valence-corrected chi connectivity index (χ3v) is 3.40. The third-order valence-electron chi connectivity index (χ3n) is 3.40. The number of imidazole rings is 1. The zero-order valence-corrected chi connectivity index (χ0v) is 10.5. The third kappa shape index (κ3) is 2.76. The van der Waals surface area contributed by atoms with E-state index in [-0.39, 0.29) is 12.6 Å². The number of rotatable bonds is 5. The van der Waals surface area contributed by atoms with Gasteiger partial charge in [-0.15, -0.1) is 0 Å². The smallest absolute Gasteiger partial charge is 0.125 e. The van der Waals surface area contributed by atoms with E-state index < -0.39 is 0 Å². The van der Waals surface area contributed by atoms with Crippen molar-refractivity contribution in [1.29, 1.82) is 0 Å². The Hall–Kier alpha value is -1.13. The van der Waals surface area contributed by atoms with Gasteiger partial charge in [0.1, 0.15) is 5.82 Å². The minimum atomic E-state index is 0.244. The molecule has 17 heavy (non-hydrogen) atoms. The molecule has 2 rings (SSSR count). The van der Waals surface area contributed by atoms with E-state index in [0.717, 1.165) is 18.7 Å². The van der Waals surface area contributed by atoms with Crippen LogP contribution in [0.15, 0.2) is 24.5 Å². The van der Waals surface area contributed by atoms with Gasteiger partial charge in [-0.25, -0.2) is 4.98 Å². The Balaban J connectivity index is 1.98. The quantitative estimate of drug-likeness (QED) is 0.758. The number of aryl methyl sites for hydroxylation is 1. The van der Waals surface area contributed by atoms with Crippen LogP contribution in [0.4, 0.5) is 0 Å². The second kappa shape index (κ2) is 5.47. The molecule has 0 unspecified atom stereocenters. The molecule has 0 saturated carbocycles. The summed E-state index contributed by atoms with van der Waals surface area (Å²) < 4.78 is 2.06. The van der Waals surface area contributed by atoms with E-state index in [1.807, 2.05) is 19.4 Å². The fourth-order valence-corrected chi connectivity index (χ4v) is 2.38.